The molecule has 0 atom stereocenters. The van der Waals surface area contributed by atoms with Gasteiger partial charge in [0.2, 0.25) is 12.8 Å². The third-order valence-electron chi connectivity index (χ3n) is 5.14. The Bertz CT molecular complexity index is 1320. The van der Waals surface area contributed by atoms with Crippen LogP contribution in [0.3, 0.4) is 0 Å². The summed E-state index contributed by atoms with van der Waals surface area (Å²) >= 11 is 0. The van der Waals surface area contributed by atoms with Crippen LogP contribution in [0.25, 0.3) is 22.6 Å². The van der Waals surface area contributed by atoms with Gasteiger partial charge in [0, 0.05) is 29.9 Å². The van der Waals surface area contributed by atoms with Gasteiger partial charge in [-0.25, -0.2) is 19.3 Å². The summed E-state index contributed by atoms with van der Waals surface area (Å²) in [7, 11) is 0. The lowest BCUT2D eigenvalue weighted by atomic mass is 10.1. The van der Waals surface area contributed by atoms with Crippen molar-refractivity contribution in [2.24, 2.45) is 0 Å². The Hall–Kier alpha value is -4.47. The highest BCUT2D eigenvalue weighted by Crippen LogP contribution is 2.34. The van der Waals surface area contributed by atoms with Gasteiger partial charge in [-0.1, -0.05) is 12.1 Å². The van der Waals surface area contributed by atoms with Crippen molar-refractivity contribution in [2.45, 2.75) is 39.4 Å². The third-order valence-corrected chi connectivity index (χ3v) is 5.14. The van der Waals surface area contributed by atoms with Crippen LogP contribution in [0.1, 0.15) is 31.7 Å². The fourth-order valence-electron chi connectivity index (χ4n) is 3.48. The van der Waals surface area contributed by atoms with Crippen molar-refractivity contribution in [3.63, 3.8) is 0 Å². The molecule has 0 aliphatic heterocycles. The topological polar surface area (TPSA) is 117 Å². The van der Waals surface area contributed by atoms with Crippen LogP contribution >= 0.6 is 0 Å². The zero-order valence-corrected chi connectivity index (χ0v) is 20.4. The van der Waals surface area contributed by atoms with Crippen LogP contribution in [-0.2, 0) is 17.8 Å². The molecule has 1 N–H and O–H groups in total. The van der Waals surface area contributed by atoms with Crippen molar-refractivity contribution >= 4 is 5.97 Å². The van der Waals surface area contributed by atoms with E-state index in [0.29, 0.717) is 46.4 Å². The second-order valence-corrected chi connectivity index (χ2v) is 8.31. The second kappa shape index (κ2) is 12.0. The number of aryl methyl sites for hydroxylation is 1. The minimum atomic E-state index is -0.923. The Balaban J connectivity index is 1.59. The standard InChI is InChI=1S/C27H26FN3O6/c1-17(2)36-27-29-13-20(14-30-27)25-26(19-7-9-21(10-8-19)35-16-28)37-23(31-25)15-34-22-5-3-4-18(12-22)6-11-24(32)33/h3-5,7-10,12-14,17H,6,11,15-16H2,1-2H3,(H,32,33). The Morgan fingerprint density at radius 3 is 2.46 bits per heavy atom. The van der Waals surface area contributed by atoms with Crippen molar-refractivity contribution in [1.29, 1.82) is 0 Å². The molecule has 37 heavy (non-hydrogen) atoms. The van der Waals surface area contributed by atoms with E-state index in [1.807, 2.05) is 19.9 Å². The molecule has 2 heterocycles. The molecule has 4 aromatic rings. The highest BCUT2D eigenvalue weighted by molar-refractivity contribution is 5.76. The van der Waals surface area contributed by atoms with E-state index in [0.717, 1.165) is 5.56 Å². The molecule has 0 bridgehead atoms. The van der Waals surface area contributed by atoms with Crippen molar-refractivity contribution in [3.05, 3.63) is 72.4 Å². The molecule has 0 saturated carbocycles. The Kier molecular flexibility index (Phi) is 8.29. The first-order chi connectivity index (χ1) is 17.9. The molecular formula is C27H26FN3O6. The number of nitrogens with zero attached hydrogens (tertiary/aromatic N) is 3. The number of benzene rings is 2. The average molecular weight is 508 g/mol. The van der Waals surface area contributed by atoms with Gasteiger partial charge < -0.3 is 23.7 Å². The first-order valence-electron chi connectivity index (χ1n) is 11.6. The van der Waals surface area contributed by atoms with E-state index < -0.39 is 12.8 Å². The van der Waals surface area contributed by atoms with Crippen LogP contribution in [0.2, 0.25) is 0 Å². The number of ether oxygens (including phenoxy) is 3. The van der Waals surface area contributed by atoms with Crippen LogP contribution in [0.5, 0.6) is 17.5 Å². The lowest BCUT2D eigenvalue weighted by Gasteiger charge is -2.07. The van der Waals surface area contributed by atoms with Crippen molar-refractivity contribution < 1.29 is 32.9 Å². The van der Waals surface area contributed by atoms with E-state index in [4.69, 9.17) is 23.7 Å². The van der Waals surface area contributed by atoms with E-state index >= 15 is 0 Å². The van der Waals surface area contributed by atoms with E-state index in [9.17, 15) is 9.18 Å². The summed E-state index contributed by atoms with van der Waals surface area (Å²) < 4.78 is 34.9. The third kappa shape index (κ3) is 7.03. The lowest BCUT2D eigenvalue weighted by molar-refractivity contribution is -0.136. The molecule has 2 aromatic heterocycles. The van der Waals surface area contributed by atoms with Gasteiger partial charge in [0.25, 0.3) is 0 Å². The maximum Gasteiger partial charge on any atom is 0.316 e. The Morgan fingerprint density at radius 2 is 1.78 bits per heavy atom. The van der Waals surface area contributed by atoms with E-state index in [-0.39, 0.29) is 25.1 Å². The van der Waals surface area contributed by atoms with E-state index in [2.05, 4.69) is 15.0 Å². The first kappa shape index (κ1) is 25.6. The molecule has 4 rings (SSSR count). The summed E-state index contributed by atoms with van der Waals surface area (Å²) in [5.74, 6) is 0.866. The number of carboxylic acids is 1. The predicted molar refractivity (Wildman–Crippen MR) is 132 cm³/mol. The number of aliphatic carboxylic acids is 1. The predicted octanol–water partition coefficient (Wildman–Crippen LogP) is 5.49. The van der Waals surface area contributed by atoms with Crippen molar-refractivity contribution in [1.82, 2.24) is 15.0 Å². The van der Waals surface area contributed by atoms with Gasteiger partial charge in [0.05, 0.1) is 6.10 Å². The van der Waals surface area contributed by atoms with E-state index in [1.54, 1.807) is 54.9 Å². The molecule has 0 fully saturated rings. The van der Waals surface area contributed by atoms with Gasteiger partial charge in [0.15, 0.2) is 12.4 Å². The zero-order chi connectivity index (χ0) is 26.2. The normalized spacial score (nSPS) is 10.9. The molecule has 0 aliphatic rings. The highest BCUT2D eigenvalue weighted by atomic mass is 19.1. The fourth-order valence-corrected chi connectivity index (χ4v) is 3.48. The summed E-state index contributed by atoms with van der Waals surface area (Å²) in [6, 6.07) is 14.2. The minimum absolute atomic E-state index is 0.0355. The van der Waals surface area contributed by atoms with Gasteiger partial charge in [0.1, 0.15) is 17.2 Å². The molecular weight excluding hydrogens is 481 g/mol. The quantitative estimate of drug-likeness (QED) is 0.266. The summed E-state index contributed by atoms with van der Waals surface area (Å²) in [5, 5.41) is 8.92. The molecule has 0 spiro atoms. The summed E-state index contributed by atoms with van der Waals surface area (Å²) in [4.78, 5) is 24.0. The van der Waals surface area contributed by atoms with Gasteiger partial charge in [-0.2, -0.15) is 0 Å². The van der Waals surface area contributed by atoms with Crippen LogP contribution in [0, 0.1) is 0 Å². The largest absolute Gasteiger partial charge is 0.484 e. The van der Waals surface area contributed by atoms with Gasteiger partial charge in [-0.15, -0.1) is 0 Å². The molecule has 0 saturated heterocycles. The molecule has 0 aliphatic carbocycles. The van der Waals surface area contributed by atoms with Crippen LogP contribution in [-0.4, -0.2) is 39.0 Å². The van der Waals surface area contributed by atoms with Crippen LogP contribution < -0.4 is 14.2 Å². The Morgan fingerprint density at radius 1 is 1.03 bits per heavy atom. The first-order valence-corrected chi connectivity index (χ1v) is 11.6. The van der Waals surface area contributed by atoms with E-state index in [1.165, 1.54) is 0 Å². The number of aromatic nitrogens is 3. The lowest BCUT2D eigenvalue weighted by Crippen LogP contribution is -2.08. The summed E-state index contributed by atoms with van der Waals surface area (Å²) in [6.07, 6.45) is 3.57. The second-order valence-electron chi connectivity index (χ2n) is 8.31. The number of carbonyl (C=O) groups is 1. The molecule has 9 nitrogen and oxygen atoms in total. The monoisotopic (exact) mass is 507 g/mol. The SMILES string of the molecule is CC(C)Oc1ncc(-c2nc(COc3cccc(CCC(=O)O)c3)oc2-c2ccc(OCF)cc2)cn1. The zero-order valence-electron chi connectivity index (χ0n) is 20.4. The maximum atomic E-state index is 12.5. The molecule has 10 heteroatoms. The molecule has 2 aromatic carbocycles. The number of alkyl halides is 1. The van der Waals surface area contributed by atoms with Gasteiger partial charge in [-0.05, 0) is 62.2 Å². The maximum absolute atomic E-state index is 12.5. The number of carboxylic acid groups (broad SMARTS) is 1. The molecule has 0 radical (unpaired) electrons. The summed E-state index contributed by atoms with van der Waals surface area (Å²) in [5.41, 5.74) is 2.66. The number of hydrogen-bond acceptors (Lipinski definition) is 8. The van der Waals surface area contributed by atoms with Crippen molar-refractivity contribution in [3.8, 4) is 40.1 Å². The molecule has 0 unspecified atom stereocenters. The van der Waals surface area contributed by atoms with Gasteiger partial charge in [-0.3, -0.25) is 4.79 Å². The van der Waals surface area contributed by atoms with Crippen molar-refractivity contribution in [2.75, 3.05) is 6.86 Å². The number of rotatable bonds is 12. The number of oxazole rings is 1. The molecule has 192 valence electrons. The highest BCUT2D eigenvalue weighted by Gasteiger charge is 2.19. The number of hydrogen-bond donors (Lipinski definition) is 1. The van der Waals surface area contributed by atoms with Crippen LogP contribution in [0.4, 0.5) is 4.39 Å². The number of halogens is 1. The van der Waals surface area contributed by atoms with Gasteiger partial charge >= 0.3 is 12.0 Å². The Labute approximate surface area is 212 Å². The van der Waals surface area contributed by atoms with Crippen LogP contribution in [0.15, 0.2) is 65.3 Å². The average Bonchev–Trinajstić information content (AvgIpc) is 3.31. The molecule has 0 amide bonds. The fraction of sp³-hybridized carbons (Fsp3) is 0.259. The minimum Gasteiger partial charge on any atom is -0.484 e. The smallest absolute Gasteiger partial charge is 0.316 e. The summed E-state index contributed by atoms with van der Waals surface area (Å²) in [6.45, 7) is 2.89.